The number of rotatable bonds is 2. The van der Waals surface area contributed by atoms with Gasteiger partial charge in [-0.2, -0.15) is 5.10 Å². The second-order valence-electron chi connectivity index (χ2n) is 3.46. The third-order valence-electron chi connectivity index (χ3n) is 2.17. The minimum Gasteiger partial charge on any atom is -0.507 e. The van der Waals surface area contributed by atoms with Gasteiger partial charge in [0.05, 0.1) is 11.5 Å². The number of nitrogens with one attached hydrogen (secondary N) is 1. The van der Waals surface area contributed by atoms with Gasteiger partial charge < -0.3 is 10.4 Å². The van der Waals surface area contributed by atoms with Gasteiger partial charge in [-0.15, -0.1) is 5.10 Å². The van der Waals surface area contributed by atoms with Crippen LogP contribution >= 0.6 is 11.8 Å². The maximum atomic E-state index is 11.2. The van der Waals surface area contributed by atoms with Crippen molar-refractivity contribution < 1.29 is 9.90 Å². The topological polar surface area (TPSA) is 74.1 Å². The zero-order valence-corrected chi connectivity index (χ0v) is 9.94. The lowest BCUT2D eigenvalue weighted by Crippen LogP contribution is -2.23. The van der Waals surface area contributed by atoms with E-state index in [0.717, 1.165) is 0 Å². The van der Waals surface area contributed by atoms with Crippen LogP contribution in [0.2, 0.25) is 0 Å². The number of thioether (sulfide) groups is 1. The van der Waals surface area contributed by atoms with E-state index >= 15 is 0 Å². The fraction of sp³-hybridized carbons (Fsp3) is 0.182. The molecule has 1 amide bonds. The Morgan fingerprint density at radius 3 is 2.88 bits per heavy atom. The molecule has 1 atom stereocenters. The van der Waals surface area contributed by atoms with Gasteiger partial charge >= 0.3 is 0 Å². The number of hydrogen-bond acceptors (Lipinski definition) is 5. The summed E-state index contributed by atoms with van der Waals surface area (Å²) in [4.78, 5) is 11.2. The van der Waals surface area contributed by atoms with Crippen LogP contribution in [0, 0.1) is 0 Å². The zero-order chi connectivity index (χ0) is 12.3. The van der Waals surface area contributed by atoms with Crippen molar-refractivity contribution in [2.24, 2.45) is 10.2 Å². The Bertz CT molecular complexity index is 499. The minimum absolute atomic E-state index is 0.0634. The van der Waals surface area contributed by atoms with Gasteiger partial charge in [0.1, 0.15) is 5.75 Å². The summed E-state index contributed by atoms with van der Waals surface area (Å²) in [5, 5.41) is 20.1. The van der Waals surface area contributed by atoms with Crippen LogP contribution < -0.4 is 5.32 Å². The Kier molecular flexibility index (Phi) is 3.43. The number of amides is 1. The van der Waals surface area contributed by atoms with Gasteiger partial charge in [0.25, 0.3) is 0 Å². The number of amidine groups is 1. The van der Waals surface area contributed by atoms with E-state index in [-0.39, 0.29) is 16.9 Å². The normalized spacial score (nSPS) is 22.3. The summed E-state index contributed by atoms with van der Waals surface area (Å²) in [6.45, 7) is 1.80. The molecule has 1 aliphatic rings. The quantitative estimate of drug-likeness (QED) is 0.613. The average Bonchev–Trinajstić information content (AvgIpc) is 2.61. The van der Waals surface area contributed by atoms with E-state index in [1.165, 1.54) is 18.0 Å². The van der Waals surface area contributed by atoms with E-state index in [2.05, 4.69) is 15.5 Å². The largest absolute Gasteiger partial charge is 0.507 e. The maximum absolute atomic E-state index is 11.2. The SMILES string of the molecule is C[C@H]1S/C(=N\N=C\c2ccccc2O)NC1=O. The first-order valence-corrected chi connectivity index (χ1v) is 5.91. The molecule has 1 heterocycles. The molecule has 0 unspecified atom stereocenters. The maximum Gasteiger partial charge on any atom is 0.239 e. The van der Waals surface area contributed by atoms with Crippen LogP contribution in [0.5, 0.6) is 5.75 Å². The first-order chi connectivity index (χ1) is 8.16. The third kappa shape index (κ3) is 2.85. The van der Waals surface area contributed by atoms with E-state index in [4.69, 9.17) is 0 Å². The molecular formula is C11H11N3O2S. The highest BCUT2D eigenvalue weighted by Gasteiger charge is 2.25. The summed E-state index contributed by atoms with van der Waals surface area (Å²) in [5.41, 5.74) is 0.583. The molecule has 0 aliphatic carbocycles. The van der Waals surface area contributed by atoms with E-state index in [0.29, 0.717) is 10.7 Å². The van der Waals surface area contributed by atoms with Crippen molar-refractivity contribution in [1.82, 2.24) is 5.32 Å². The Balaban J connectivity index is 2.06. The molecule has 1 aliphatic heterocycles. The van der Waals surface area contributed by atoms with Crippen LogP contribution in [0.3, 0.4) is 0 Å². The summed E-state index contributed by atoms with van der Waals surface area (Å²) < 4.78 is 0. The highest BCUT2D eigenvalue weighted by Crippen LogP contribution is 2.18. The predicted molar refractivity (Wildman–Crippen MR) is 68.3 cm³/mol. The molecule has 0 saturated carbocycles. The summed E-state index contributed by atoms with van der Waals surface area (Å²) in [7, 11) is 0. The van der Waals surface area contributed by atoms with Gasteiger partial charge in [-0.05, 0) is 19.1 Å². The van der Waals surface area contributed by atoms with Crippen molar-refractivity contribution in [2.45, 2.75) is 12.2 Å². The number of nitrogens with zero attached hydrogens (tertiary/aromatic N) is 2. The van der Waals surface area contributed by atoms with Gasteiger partial charge in [0.15, 0.2) is 5.17 Å². The number of carbonyl (C=O) groups is 1. The standard InChI is InChI=1S/C11H11N3O2S/c1-7-10(16)13-11(17-7)14-12-6-8-4-2-3-5-9(8)15/h2-7,15H,1H3,(H,13,14,16)/b12-6+/t7-/m1/s1. The fourth-order valence-corrected chi connectivity index (χ4v) is 2.00. The van der Waals surface area contributed by atoms with Crippen molar-refractivity contribution in [2.75, 3.05) is 0 Å². The highest BCUT2D eigenvalue weighted by molar-refractivity contribution is 8.15. The molecule has 1 saturated heterocycles. The first-order valence-electron chi connectivity index (χ1n) is 5.03. The van der Waals surface area contributed by atoms with Crippen molar-refractivity contribution in [3.05, 3.63) is 29.8 Å². The van der Waals surface area contributed by atoms with E-state index in [1.807, 2.05) is 0 Å². The van der Waals surface area contributed by atoms with Crippen LogP contribution in [0.25, 0.3) is 0 Å². The number of phenolic OH excluding ortho intramolecular Hbond substituents is 1. The molecule has 88 valence electrons. The smallest absolute Gasteiger partial charge is 0.239 e. The molecular weight excluding hydrogens is 238 g/mol. The molecule has 6 heteroatoms. The second-order valence-corrected chi connectivity index (χ2v) is 4.79. The number of para-hydroxylation sites is 1. The first kappa shape index (κ1) is 11.7. The van der Waals surface area contributed by atoms with Crippen molar-refractivity contribution >= 4 is 29.1 Å². The summed E-state index contributed by atoms with van der Waals surface area (Å²) in [5.74, 6) is 0.0828. The van der Waals surface area contributed by atoms with Gasteiger partial charge in [-0.1, -0.05) is 23.9 Å². The van der Waals surface area contributed by atoms with Crippen LogP contribution in [-0.4, -0.2) is 27.6 Å². The van der Waals surface area contributed by atoms with Gasteiger partial charge in [0, 0.05) is 5.56 Å². The molecule has 1 aromatic rings. The molecule has 1 aromatic carbocycles. The van der Waals surface area contributed by atoms with E-state index < -0.39 is 0 Å². The predicted octanol–water partition coefficient (Wildman–Crippen LogP) is 1.33. The molecule has 2 N–H and O–H groups in total. The van der Waals surface area contributed by atoms with E-state index in [1.54, 1.807) is 31.2 Å². The van der Waals surface area contributed by atoms with Crippen LogP contribution in [0.15, 0.2) is 34.5 Å². The molecule has 0 spiro atoms. The molecule has 0 radical (unpaired) electrons. The lowest BCUT2D eigenvalue weighted by molar-refractivity contribution is -0.118. The van der Waals surface area contributed by atoms with Gasteiger partial charge in [-0.3, -0.25) is 4.79 Å². The lowest BCUT2D eigenvalue weighted by Gasteiger charge is -1.95. The van der Waals surface area contributed by atoms with Crippen LogP contribution in [0.1, 0.15) is 12.5 Å². The number of carbonyl (C=O) groups excluding carboxylic acids is 1. The van der Waals surface area contributed by atoms with Crippen LogP contribution in [0.4, 0.5) is 0 Å². The Hall–Kier alpha value is -1.82. The number of aromatic hydroxyl groups is 1. The number of benzene rings is 1. The van der Waals surface area contributed by atoms with E-state index in [9.17, 15) is 9.90 Å². The van der Waals surface area contributed by atoms with Crippen molar-refractivity contribution in [3.8, 4) is 5.75 Å². The Morgan fingerprint density at radius 2 is 2.24 bits per heavy atom. The Labute approximate surface area is 103 Å². The van der Waals surface area contributed by atoms with Crippen molar-refractivity contribution in [1.29, 1.82) is 0 Å². The molecule has 5 nitrogen and oxygen atoms in total. The number of phenols is 1. The van der Waals surface area contributed by atoms with Crippen molar-refractivity contribution in [3.63, 3.8) is 0 Å². The number of hydrogen-bond donors (Lipinski definition) is 2. The van der Waals surface area contributed by atoms with Crippen LogP contribution in [-0.2, 0) is 4.79 Å². The lowest BCUT2D eigenvalue weighted by atomic mass is 10.2. The highest BCUT2D eigenvalue weighted by atomic mass is 32.2. The molecule has 0 aromatic heterocycles. The third-order valence-corrected chi connectivity index (χ3v) is 3.14. The summed E-state index contributed by atoms with van der Waals surface area (Å²) in [6, 6.07) is 6.82. The van der Waals surface area contributed by atoms with Gasteiger partial charge in [-0.25, -0.2) is 0 Å². The minimum atomic E-state index is -0.130. The molecule has 17 heavy (non-hydrogen) atoms. The average molecular weight is 249 g/mol. The summed E-state index contributed by atoms with van der Waals surface area (Å²) in [6.07, 6.45) is 1.44. The summed E-state index contributed by atoms with van der Waals surface area (Å²) >= 11 is 1.33. The molecule has 0 bridgehead atoms. The monoisotopic (exact) mass is 249 g/mol. The Morgan fingerprint density at radius 1 is 1.47 bits per heavy atom. The molecule has 2 rings (SSSR count). The van der Waals surface area contributed by atoms with Gasteiger partial charge in [0.2, 0.25) is 5.91 Å². The second kappa shape index (κ2) is 5.01. The zero-order valence-electron chi connectivity index (χ0n) is 9.12. The molecule has 1 fully saturated rings. The fourth-order valence-electron chi connectivity index (χ4n) is 1.25.